The monoisotopic (exact) mass is 473 g/mol. The molecule has 3 amide bonds. The molecule has 2 unspecified atom stereocenters. The summed E-state index contributed by atoms with van der Waals surface area (Å²) in [5, 5.41) is 9.79. The molecule has 0 radical (unpaired) electrons. The van der Waals surface area contributed by atoms with Gasteiger partial charge in [0, 0.05) is 32.7 Å². The van der Waals surface area contributed by atoms with E-state index in [1.54, 1.807) is 24.1 Å². The highest BCUT2D eigenvalue weighted by atomic mass is 16.5. The Morgan fingerprint density at radius 3 is 2.44 bits per heavy atom. The zero-order valence-corrected chi connectivity index (χ0v) is 20.6. The van der Waals surface area contributed by atoms with E-state index in [1.165, 1.54) is 11.3 Å². The van der Waals surface area contributed by atoms with Crippen molar-refractivity contribution in [2.24, 2.45) is 11.8 Å². The first-order chi connectivity index (χ1) is 16.3. The third kappa shape index (κ3) is 3.70. The molecule has 3 aliphatic heterocycles. The van der Waals surface area contributed by atoms with Crippen LogP contribution in [0.2, 0.25) is 0 Å². The quantitative estimate of drug-likeness (QED) is 0.515. The number of nitrogens with zero attached hydrogens (tertiary/aromatic N) is 3. The lowest BCUT2D eigenvalue weighted by molar-refractivity contribution is -0.155. The summed E-state index contributed by atoms with van der Waals surface area (Å²) < 4.78 is 6.64. The van der Waals surface area contributed by atoms with Gasteiger partial charge in [-0.15, -0.1) is 13.2 Å². The highest BCUT2D eigenvalue weighted by Gasteiger charge is 2.78. The maximum Gasteiger partial charge on any atom is 0.248 e. The van der Waals surface area contributed by atoms with Crippen molar-refractivity contribution >= 4 is 17.7 Å². The first-order valence-corrected chi connectivity index (χ1v) is 12.6. The number of ether oxygens (including phenoxy) is 1. The van der Waals surface area contributed by atoms with Crippen molar-refractivity contribution in [1.29, 1.82) is 0 Å². The summed E-state index contributed by atoms with van der Waals surface area (Å²) >= 11 is 0. The van der Waals surface area contributed by atoms with Crippen LogP contribution in [0.5, 0.6) is 0 Å². The minimum Gasteiger partial charge on any atom is -0.395 e. The summed E-state index contributed by atoms with van der Waals surface area (Å²) in [5.74, 6) is -1.96. The van der Waals surface area contributed by atoms with Gasteiger partial charge in [-0.05, 0) is 32.6 Å². The van der Waals surface area contributed by atoms with Crippen molar-refractivity contribution in [3.05, 3.63) is 25.3 Å². The number of rotatable bonds is 9. The molecule has 0 aromatic rings. The van der Waals surface area contributed by atoms with E-state index >= 15 is 0 Å². The number of carbonyl (C=O) groups excluding carboxylic acids is 3. The molecular formula is C26H39N3O5. The van der Waals surface area contributed by atoms with Crippen LogP contribution in [0, 0.1) is 11.8 Å². The summed E-state index contributed by atoms with van der Waals surface area (Å²) in [6.07, 6.45) is 9.72. The van der Waals surface area contributed by atoms with Crippen molar-refractivity contribution in [2.45, 2.75) is 75.2 Å². The molecule has 1 aliphatic carbocycles. The van der Waals surface area contributed by atoms with E-state index in [4.69, 9.17) is 4.74 Å². The standard InChI is InChI=1S/C26H39N3O5/c1-5-14-27(4)22(31)19-20-23(32)29(16-17-30)21(26(20)13-12-25(19,3)34-26)24(33)28(15-6-2)18-10-8-7-9-11-18/h5-6,18-21,30H,1-2,7-17H2,3-4H3/t19-,20-,21?,25+,26?/m0/s1. The Hall–Kier alpha value is -2.19. The van der Waals surface area contributed by atoms with Gasteiger partial charge < -0.3 is 24.5 Å². The van der Waals surface area contributed by atoms with Gasteiger partial charge in [0.1, 0.15) is 11.6 Å². The lowest BCUT2D eigenvalue weighted by atomic mass is 9.66. The Morgan fingerprint density at radius 2 is 1.82 bits per heavy atom. The van der Waals surface area contributed by atoms with Gasteiger partial charge in [-0.1, -0.05) is 31.4 Å². The van der Waals surface area contributed by atoms with E-state index in [9.17, 15) is 19.5 Å². The number of aliphatic hydroxyl groups is 1. The minimum atomic E-state index is -1.05. The smallest absolute Gasteiger partial charge is 0.248 e. The van der Waals surface area contributed by atoms with Crippen LogP contribution in [0.1, 0.15) is 51.9 Å². The molecule has 0 aromatic heterocycles. The maximum absolute atomic E-state index is 14.2. The summed E-state index contributed by atoms with van der Waals surface area (Å²) in [5.41, 5.74) is -1.85. The lowest BCUT2D eigenvalue weighted by Crippen LogP contribution is -2.58. The van der Waals surface area contributed by atoms with Crippen LogP contribution in [0.3, 0.4) is 0 Å². The van der Waals surface area contributed by atoms with Crippen LogP contribution < -0.4 is 0 Å². The van der Waals surface area contributed by atoms with Gasteiger partial charge in [-0.2, -0.15) is 0 Å². The van der Waals surface area contributed by atoms with E-state index in [0.717, 1.165) is 25.7 Å². The summed E-state index contributed by atoms with van der Waals surface area (Å²) in [4.78, 5) is 46.5. The number of β-amino-alcohol motifs (C(OH)–C–C–N with tert-alkyl or cyclic N) is 1. The van der Waals surface area contributed by atoms with E-state index < -0.39 is 29.1 Å². The molecule has 5 atom stereocenters. The fourth-order valence-electron chi connectivity index (χ4n) is 7.06. The van der Waals surface area contributed by atoms with Gasteiger partial charge in [0.25, 0.3) is 0 Å². The maximum atomic E-state index is 14.2. The Morgan fingerprint density at radius 1 is 1.15 bits per heavy atom. The van der Waals surface area contributed by atoms with Gasteiger partial charge in [0.05, 0.1) is 24.0 Å². The molecule has 1 spiro atoms. The van der Waals surface area contributed by atoms with Gasteiger partial charge in [-0.25, -0.2) is 0 Å². The topological polar surface area (TPSA) is 90.4 Å². The molecule has 188 valence electrons. The highest BCUT2D eigenvalue weighted by molar-refractivity contribution is 5.99. The van der Waals surface area contributed by atoms with E-state index in [-0.39, 0.29) is 36.9 Å². The molecule has 3 saturated heterocycles. The zero-order valence-electron chi connectivity index (χ0n) is 20.6. The van der Waals surface area contributed by atoms with E-state index in [2.05, 4.69) is 13.2 Å². The zero-order chi connectivity index (χ0) is 24.7. The molecule has 3 heterocycles. The van der Waals surface area contributed by atoms with Gasteiger partial charge in [-0.3, -0.25) is 14.4 Å². The van der Waals surface area contributed by atoms with Crippen LogP contribution >= 0.6 is 0 Å². The fraction of sp³-hybridized carbons (Fsp3) is 0.731. The van der Waals surface area contributed by atoms with Crippen LogP contribution in [-0.2, 0) is 19.1 Å². The fourth-order valence-corrected chi connectivity index (χ4v) is 7.06. The van der Waals surface area contributed by atoms with Crippen LogP contribution in [0.15, 0.2) is 25.3 Å². The number of likely N-dealkylation sites (tertiary alicyclic amines) is 1. The molecule has 8 heteroatoms. The second-order valence-electron chi connectivity index (χ2n) is 10.6. The molecule has 4 aliphatic rings. The van der Waals surface area contributed by atoms with Crippen molar-refractivity contribution in [1.82, 2.24) is 14.7 Å². The largest absolute Gasteiger partial charge is 0.395 e. The van der Waals surface area contributed by atoms with Gasteiger partial charge >= 0.3 is 0 Å². The SMILES string of the molecule is C=CCN(C)C(=O)[C@@H]1[C@H]2C(=O)N(CCO)C(C(=O)N(CC=C)C3CCCCC3)C23CC[C@@]1(C)O3. The molecule has 2 bridgehead atoms. The van der Waals surface area contributed by atoms with Crippen LogP contribution in [0.4, 0.5) is 0 Å². The van der Waals surface area contributed by atoms with E-state index in [0.29, 0.717) is 25.9 Å². The first-order valence-electron chi connectivity index (χ1n) is 12.6. The second kappa shape index (κ2) is 9.46. The molecule has 1 saturated carbocycles. The lowest BCUT2D eigenvalue weighted by Gasteiger charge is -2.40. The minimum absolute atomic E-state index is 0.0452. The number of likely N-dealkylation sites (N-methyl/N-ethyl adjacent to an activating group) is 1. The first kappa shape index (κ1) is 24.9. The number of aliphatic hydroxyl groups excluding tert-OH is 1. The Balaban J connectivity index is 1.74. The molecule has 34 heavy (non-hydrogen) atoms. The Bertz CT molecular complexity index is 855. The Labute approximate surface area is 202 Å². The van der Waals surface area contributed by atoms with Crippen molar-refractivity contribution in [2.75, 3.05) is 33.3 Å². The number of amides is 3. The van der Waals surface area contributed by atoms with Crippen molar-refractivity contribution < 1.29 is 24.2 Å². The van der Waals surface area contributed by atoms with Gasteiger partial charge in [0.2, 0.25) is 17.7 Å². The third-order valence-electron chi connectivity index (χ3n) is 8.52. The molecule has 4 rings (SSSR count). The van der Waals surface area contributed by atoms with Crippen molar-refractivity contribution in [3.8, 4) is 0 Å². The summed E-state index contributed by atoms with van der Waals surface area (Å²) in [6, 6.07) is -0.741. The highest BCUT2D eigenvalue weighted by Crippen LogP contribution is 2.63. The molecule has 4 fully saturated rings. The predicted octanol–water partition coefficient (Wildman–Crippen LogP) is 1.74. The van der Waals surface area contributed by atoms with Crippen LogP contribution in [-0.4, -0.2) is 94.1 Å². The Kier molecular flexibility index (Phi) is 6.93. The normalized spacial score (nSPS) is 34.7. The molecule has 1 N–H and O–H groups in total. The third-order valence-corrected chi connectivity index (χ3v) is 8.52. The predicted molar refractivity (Wildman–Crippen MR) is 128 cm³/mol. The number of fused-ring (bicyclic) bond motifs is 1. The molecule has 8 nitrogen and oxygen atoms in total. The number of hydrogen-bond donors (Lipinski definition) is 1. The number of hydrogen-bond acceptors (Lipinski definition) is 5. The molecular weight excluding hydrogens is 434 g/mol. The number of carbonyl (C=O) groups is 3. The average molecular weight is 474 g/mol. The molecule has 0 aromatic carbocycles. The van der Waals surface area contributed by atoms with Gasteiger partial charge in [0.15, 0.2) is 0 Å². The van der Waals surface area contributed by atoms with Crippen LogP contribution in [0.25, 0.3) is 0 Å². The second-order valence-corrected chi connectivity index (χ2v) is 10.6. The average Bonchev–Trinajstić information content (AvgIpc) is 3.38. The van der Waals surface area contributed by atoms with Crippen molar-refractivity contribution in [3.63, 3.8) is 0 Å². The van der Waals surface area contributed by atoms with E-state index in [1.807, 2.05) is 11.8 Å². The summed E-state index contributed by atoms with van der Waals surface area (Å²) in [7, 11) is 1.70. The summed E-state index contributed by atoms with van der Waals surface area (Å²) in [6.45, 7) is 10.1.